The molecule has 7 heteroatoms. The van der Waals surface area contributed by atoms with Crippen LogP contribution < -0.4 is 15.8 Å². The molecule has 0 aliphatic rings. The molecule has 1 amide bonds. The van der Waals surface area contributed by atoms with Gasteiger partial charge in [-0.2, -0.15) is 0 Å². The molecule has 0 saturated carbocycles. The number of carboxylic acid groups (broad SMARTS) is 1. The van der Waals surface area contributed by atoms with Crippen molar-refractivity contribution in [1.82, 2.24) is 4.90 Å². The van der Waals surface area contributed by atoms with Gasteiger partial charge in [0.1, 0.15) is 11.8 Å². The fourth-order valence-corrected chi connectivity index (χ4v) is 3.31. The number of nitrogens with two attached hydrogens (primary N) is 1. The summed E-state index contributed by atoms with van der Waals surface area (Å²) in [7, 11) is 1.56. The Kier molecular flexibility index (Phi) is 8.59. The van der Waals surface area contributed by atoms with E-state index in [1.54, 1.807) is 31.4 Å². The van der Waals surface area contributed by atoms with Crippen LogP contribution in [0.15, 0.2) is 48.5 Å². The molecule has 0 aliphatic carbocycles. The predicted octanol–water partition coefficient (Wildman–Crippen LogP) is 3.60. The minimum atomic E-state index is -0.998. The van der Waals surface area contributed by atoms with Crippen LogP contribution in [-0.2, 0) is 11.3 Å². The molecule has 0 heterocycles. The van der Waals surface area contributed by atoms with Gasteiger partial charge in [0.2, 0.25) is 0 Å². The smallest absolute Gasteiger partial charge is 0.320 e. The number of anilines is 1. The molecule has 4 N–H and O–H groups in total. The van der Waals surface area contributed by atoms with Crippen LogP contribution in [-0.4, -0.2) is 48.1 Å². The van der Waals surface area contributed by atoms with Gasteiger partial charge in [-0.3, -0.25) is 14.5 Å². The van der Waals surface area contributed by atoms with Crippen molar-refractivity contribution in [2.75, 3.05) is 25.5 Å². The van der Waals surface area contributed by atoms with Crippen LogP contribution in [0.5, 0.6) is 5.75 Å². The molecule has 0 saturated heterocycles. The second kappa shape index (κ2) is 10.9. The second-order valence-corrected chi connectivity index (χ2v) is 8.85. The van der Waals surface area contributed by atoms with E-state index in [1.165, 1.54) is 0 Å². The SMILES string of the molecule is COc1cccc(C(=O)Nc2ccccc2CN(CC[C@H](N)C(=O)O)CC(C)(C)C)c1. The van der Waals surface area contributed by atoms with Gasteiger partial charge >= 0.3 is 5.97 Å². The zero-order chi connectivity index (χ0) is 23.0. The second-order valence-electron chi connectivity index (χ2n) is 8.85. The summed E-state index contributed by atoms with van der Waals surface area (Å²) in [6, 6.07) is 13.7. The number of carboxylic acids is 1. The van der Waals surface area contributed by atoms with Crippen molar-refractivity contribution in [3.05, 3.63) is 59.7 Å². The third-order valence-electron chi connectivity index (χ3n) is 4.76. The zero-order valence-corrected chi connectivity index (χ0v) is 18.7. The van der Waals surface area contributed by atoms with Crippen molar-refractivity contribution in [2.45, 2.75) is 39.8 Å². The van der Waals surface area contributed by atoms with Crippen LogP contribution in [0.4, 0.5) is 5.69 Å². The topological polar surface area (TPSA) is 105 Å². The van der Waals surface area contributed by atoms with Crippen molar-refractivity contribution in [1.29, 1.82) is 0 Å². The molecule has 0 aromatic heterocycles. The van der Waals surface area contributed by atoms with Gasteiger partial charge in [0.15, 0.2) is 0 Å². The van der Waals surface area contributed by atoms with Crippen LogP contribution in [0.1, 0.15) is 43.1 Å². The number of hydrogen-bond acceptors (Lipinski definition) is 5. The van der Waals surface area contributed by atoms with Crippen molar-refractivity contribution >= 4 is 17.6 Å². The number of methoxy groups -OCH3 is 1. The number of ether oxygens (including phenoxy) is 1. The molecule has 0 unspecified atom stereocenters. The van der Waals surface area contributed by atoms with E-state index < -0.39 is 12.0 Å². The van der Waals surface area contributed by atoms with Gasteiger partial charge < -0.3 is 20.9 Å². The minimum absolute atomic E-state index is 0.0199. The maximum atomic E-state index is 12.8. The first-order valence-electron chi connectivity index (χ1n) is 10.3. The molecule has 0 aliphatic heterocycles. The number of hydrogen-bond donors (Lipinski definition) is 3. The largest absolute Gasteiger partial charge is 0.497 e. The highest BCUT2D eigenvalue weighted by atomic mass is 16.5. The first kappa shape index (κ1) is 24.4. The summed E-state index contributed by atoms with van der Waals surface area (Å²) in [6.07, 6.45) is 0.351. The van der Waals surface area contributed by atoms with Gasteiger partial charge in [-0.05, 0) is 41.7 Å². The molecule has 168 valence electrons. The van der Waals surface area contributed by atoms with Gasteiger partial charge in [0.05, 0.1) is 7.11 Å². The number of rotatable bonds is 10. The van der Waals surface area contributed by atoms with Crippen molar-refractivity contribution in [2.24, 2.45) is 11.1 Å². The third kappa shape index (κ3) is 8.03. The van der Waals surface area contributed by atoms with Crippen LogP contribution in [0.25, 0.3) is 0 Å². The van der Waals surface area contributed by atoms with Gasteiger partial charge in [-0.15, -0.1) is 0 Å². The lowest BCUT2D eigenvalue weighted by atomic mass is 9.95. The van der Waals surface area contributed by atoms with Gasteiger partial charge in [0.25, 0.3) is 5.91 Å². The number of carbonyl (C=O) groups excluding carboxylic acids is 1. The maximum Gasteiger partial charge on any atom is 0.320 e. The fraction of sp³-hybridized carbons (Fsp3) is 0.417. The molecule has 1 atom stereocenters. The Balaban J connectivity index is 2.18. The monoisotopic (exact) mass is 427 g/mol. The fourth-order valence-electron chi connectivity index (χ4n) is 3.31. The van der Waals surface area contributed by atoms with E-state index in [9.17, 15) is 9.59 Å². The van der Waals surface area contributed by atoms with Crippen molar-refractivity contribution in [3.63, 3.8) is 0 Å². The summed E-state index contributed by atoms with van der Waals surface area (Å²) < 4.78 is 5.20. The van der Waals surface area contributed by atoms with Crippen molar-refractivity contribution in [3.8, 4) is 5.75 Å². The number of nitrogens with one attached hydrogen (secondary N) is 1. The molecule has 0 fully saturated rings. The number of amides is 1. The first-order valence-corrected chi connectivity index (χ1v) is 10.3. The molecular weight excluding hydrogens is 394 g/mol. The number of para-hydroxylation sites is 1. The highest BCUT2D eigenvalue weighted by Gasteiger charge is 2.20. The van der Waals surface area contributed by atoms with Crippen LogP contribution in [0, 0.1) is 5.41 Å². The Labute approximate surface area is 184 Å². The summed E-state index contributed by atoms with van der Waals surface area (Å²) in [6.45, 7) is 8.27. The molecule has 2 aromatic rings. The van der Waals surface area contributed by atoms with Crippen LogP contribution in [0.2, 0.25) is 0 Å². The molecule has 2 aromatic carbocycles. The normalized spacial score (nSPS) is 12.5. The average Bonchev–Trinajstić information content (AvgIpc) is 2.72. The lowest BCUT2D eigenvalue weighted by molar-refractivity contribution is -0.138. The Bertz CT molecular complexity index is 892. The van der Waals surface area contributed by atoms with E-state index in [4.69, 9.17) is 15.6 Å². The Morgan fingerprint density at radius 3 is 2.52 bits per heavy atom. The quantitative estimate of drug-likeness (QED) is 0.535. The Hall–Kier alpha value is -2.90. The third-order valence-corrected chi connectivity index (χ3v) is 4.76. The molecule has 0 bridgehead atoms. The predicted molar refractivity (Wildman–Crippen MR) is 122 cm³/mol. The molecular formula is C24H33N3O4. The zero-order valence-electron chi connectivity index (χ0n) is 18.7. The number of aliphatic carboxylic acids is 1. The van der Waals surface area contributed by atoms with E-state index in [0.29, 0.717) is 30.8 Å². The average molecular weight is 428 g/mol. The highest BCUT2D eigenvalue weighted by molar-refractivity contribution is 6.04. The standard InChI is InChI=1S/C24H33N3O4/c1-24(2,3)16-27(13-12-20(25)23(29)30)15-18-8-5-6-11-21(18)26-22(28)17-9-7-10-19(14-17)31-4/h5-11,14,20H,12-13,15-16,25H2,1-4H3,(H,26,28)(H,29,30)/t20-/m0/s1. The lowest BCUT2D eigenvalue weighted by Gasteiger charge is -2.31. The van der Waals surface area contributed by atoms with E-state index >= 15 is 0 Å². The number of nitrogens with zero attached hydrogens (tertiary/aromatic N) is 1. The van der Waals surface area contributed by atoms with Crippen LogP contribution in [0.3, 0.4) is 0 Å². The Morgan fingerprint density at radius 2 is 1.87 bits per heavy atom. The lowest BCUT2D eigenvalue weighted by Crippen LogP contribution is -2.38. The van der Waals surface area contributed by atoms with E-state index in [1.807, 2.05) is 24.3 Å². The van der Waals surface area contributed by atoms with Gasteiger partial charge in [0, 0.05) is 30.9 Å². The van der Waals surface area contributed by atoms with E-state index in [2.05, 4.69) is 31.0 Å². The maximum absolute atomic E-state index is 12.8. The first-order chi connectivity index (χ1) is 14.6. The molecule has 0 radical (unpaired) electrons. The van der Waals surface area contributed by atoms with Crippen LogP contribution >= 0.6 is 0 Å². The van der Waals surface area contributed by atoms with E-state index in [-0.39, 0.29) is 11.3 Å². The summed E-state index contributed by atoms with van der Waals surface area (Å²) in [5.41, 5.74) is 7.91. The molecule has 2 rings (SSSR count). The Morgan fingerprint density at radius 1 is 1.16 bits per heavy atom. The van der Waals surface area contributed by atoms with Gasteiger partial charge in [-0.1, -0.05) is 45.0 Å². The summed E-state index contributed by atoms with van der Waals surface area (Å²) in [5.74, 6) is -0.602. The summed E-state index contributed by atoms with van der Waals surface area (Å²) >= 11 is 0. The number of benzene rings is 2. The molecule has 7 nitrogen and oxygen atoms in total. The highest BCUT2D eigenvalue weighted by Crippen LogP contribution is 2.23. The minimum Gasteiger partial charge on any atom is -0.497 e. The number of carbonyl (C=O) groups is 2. The summed E-state index contributed by atoms with van der Waals surface area (Å²) in [4.78, 5) is 26.1. The van der Waals surface area contributed by atoms with Crippen molar-refractivity contribution < 1.29 is 19.4 Å². The molecule has 0 spiro atoms. The molecule has 31 heavy (non-hydrogen) atoms. The summed E-state index contributed by atoms with van der Waals surface area (Å²) in [5, 5.41) is 12.1. The van der Waals surface area contributed by atoms with E-state index in [0.717, 1.165) is 17.8 Å². The van der Waals surface area contributed by atoms with Gasteiger partial charge in [-0.25, -0.2) is 0 Å².